The zero-order valence-corrected chi connectivity index (χ0v) is 15.9. The lowest BCUT2D eigenvalue weighted by atomic mass is 10.2. The zero-order chi connectivity index (χ0) is 17.1. The van der Waals surface area contributed by atoms with Crippen molar-refractivity contribution in [3.8, 4) is 17.1 Å². The van der Waals surface area contributed by atoms with Crippen molar-refractivity contribution in [2.45, 2.75) is 10.9 Å². The highest BCUT2D eigenvalue weighted by atomic mass is 79.9. The van der Waals surface area contributed by atoms with E-state index in [1.165, 1.54) is 16.4 Å². The van der Waals surface area contributed by atoms with Gasteiger partial charge in [0.25, 0.3) is 0 Å². The second-order valence-electron chi connectivity index (χ2n) is 4.93. The topological polar surface area (TPSA) is 66.0 Å². The summed E-state index contributed by atoms with van der Waals surface area (Å²) in [6.45, 7) is 0. The van der Waals surface area contributed by atoms with Crippen molar-refractivity contribution in [1.29, 1.82) is 0 Å². The summed E-state index contributed by atoms with van der Waals surface area (Å²) in [6, 6.07) is 13.2. The van der Waals surface area contributed by atoms with Crippen molar-refractivity contribution in [2.75, 3.05) is 13.0 Å². The van der Waals surface area contributed by atoms with E-state index < -0.39 is 0 Å². The molecule has 5 nitrogen and oxygen atoms in total. The maximum absolute atomic E-state index is 6.14. The molecule has 0 bridgehead atoms. The molecule has 0 atom stereocenters. The van der Waals surface area contributed by atoms with Crippen LogP contribution in [0.25, 0.3) is 11.4 Å². The van der Waals surface area contributed by atoms with Crippen molar-refractivity contribution in [3.63, 3.8) is 0 Å². The van der Waals surface area contributed by atoms with E-state index in [4.69, 9.17) is 22.2 Å². The fourth-order valence-corrected chi connectivity index (χ4v) is 3.54. The summed E-state index contributed by atoms with van der Waals surface area (Å²) in [5.41, 5.74) is 1.91. The van der Waals surface area contributed by atoms with Crippen LogP contribution < -0.4 is 10.6 Å². The van der Waals surface area contributed by atoms with E-state index in [2.05, 4.69) is 26.1 Å². The number of aromatic nitrogens is 3. The standard InChI is InChI=1S/C16H14BrClN4OS/c1-23-14-7-4-12(17)8-11(14)9-24-16-21-20-15(22(16)19)10-2-5-13(18)6-3-10/h2-8H,9,19H2,1H3. The first-order valence-corrected chi connectivity index (χ1v) is 9.16. The van der Waals surface area contributed by atoms with Crippen LogP contribution in [0.1, 0.15) is 5.56 Å². The quantitative estimate of drug-likeness (QED) is 0.485. The van der Waals surface area contributed by atoms with Gasteiger partial charge in [0.15, 0.2) is 5.82 Å². The summed E-state index contributed by atoms with van der Waals surface area (Å²) in [6.07, 6.45) is 0. The van der Waals surface area contributed by atoms with Crippen LogP contribution in [-0.2, 0) is 5.75 Å². The van der Waals surface area contributed by atoms with Gasteiger partial charge in [0, 0.05) is 26.4 Å². The van der Waals surface area contributed by atoms with Crippen LogP contribution in [-0.4, -0.2) is 22.0 Å². The summed E-state index contributed by atoms with van der Waals surface area (Å²) in [4.78, 5) is 0. The minimum atomic E-state index is 0.593. The lowest BCUT2D eigenvalue weighted by Crippen LogP contribution is -2.11. The number of hydrogen-bond donors (Lipinski definition) is 1. The monoisotopic (exact) mass is 424 g/mol. The summed E-state index contributed by atoms with van der Waals surface area (Å²) >= 11 is 10.9. The second-order valence-corrected chi connectivity index (χ2v) is 7.22. The molecule has 0 saturated carbocycles. The molecule has 1 aromatic heterocycles. The first-order chi connectivity index (χ1) is 11.6. The molecule has 2 N–H and O–H groups in total. The summed E-state index contributed by atoms with van der Waals surface area (Å²) in [5, 5.41) is 9.64. The Balaban J connectivity index is 1.80. The molecule has 0 aliphatic rings. The zero-order valence-electron chi connectivity index (χ0n) is 12.7. The number of thioether (sulfide) groups is 1. The van der Waals surface area contributed by atoms with Crippen molar-refractivity contribution < 1.29 is 4.74 Å². The number of hydrogen-bond acceptors (Lipinski definition) is 5. The van der Waals surface area contributed by atoms with E-state index in [1.807, 2.05) is 30.3 Å². The number of halogens is 2. The Kier molecular flexibility index (Phi) is 5.33. The Morgan fingerprint density at radius 2 is 1.96 bits per heavy atom. The third kappa shape index (κ3) is 3.68. The molecule has 0 unspecified atom stereocenters. The first kappa shape index (κ1) is 17.1. The number of methoxy groups -OCH3 is 1. The van der Waals surface area contributed by atoms with Gasteiger partial charge in [-0.25, -0.2) is 4.68 Å². The number of ether oxygens (including phenoxy) is 1. The van der Waals surface area contributed by atoms with Crippen molar-refractivity contribution in [1.82, 2.24) is 14.9 Å². The fraction of sp³-hybridized carbons (Fsp3) is 0.125. The van der Waals surface area contributed by atoms with Gasteiger partial charge in [-0.1, -0.05) is 39.3 Å². The van der Waals surface area contributed by atoms with E-state index >= 15 is 0 Å². The number of nitrogens with zero attached hydrogens (tertiary/aromatic N) is 3. The molecule has 0 saturated heterocycles. The Morgan fingerprint density at radius 3 is 2.67 bits per heavy atom. The Bertz CT molecular complexity index is 854. The molecule has 0 radical (unpaired) electrons. The molecular weight excluding hydrogens is 412 g/mol. The minimum Gasteiger partial charge on any atom is -0.496 e. The highest BCUT2D eigenvalue weighted by Gasteiger charge is 2.13. The van der Waals surface area contributed by atoms with E-state index in [9.17, 15) is 0 Å². The van der Waals surface area contributed by atoms with Gasteiger partial charge < -0.3 is 10.6 Å². The van der Waals surface area contributed by atoms with E-state index in [1.54, 1.807) is 19.2 Å². The molecule has 0 aliphatic carbocycles. The highest BCUT2D eigenvalue weighted by Crippen LogP contribution is 2.30. The van der Waals surface area contributed by atoms with Crippen molar-refractivity contribution >= 4 is 39.3 Å². The van der Waals surface area contributed by atoms with Crippen LogP contribution in [0.15, 0.2) is 52.1 Å². The van der Waals surface area contributed by atoms with Gasteiger partial charge in [-0.15, -0.1) is 10.2 Å². The van der Waals surface area contributed by atoms with Gasteiger partial charge >= 0.3 is 0 Å². The van der Waals surface area contributed by atoms with E-state index in [0.29, 0.717) is 21.8 Å². The second kappa shape index (κ2) is 7.46. The lowest BCUT2D eigenvalue weighted by molar-refractivity contribution is 0.411. The normalized spacial score (nSPS) is 10.8. The molecule has 124 valence electrons. The van der Waals surface area contributed by atoms with Crippen LogP contribution in [0.3, 0.4) is 0 Å². The predicted molar refractivity (Wildman–Crippen MR) is 101 cm³/mol. The molecule has 8 heteroatoms. The van der Waals surface area contributed by atoms with Crippen LogP contribution >= 0.6 is 39.3 Å². The molecule has 3 aromatic rings. The molecule has 3 rings (SSSR count). The predicted octanol–water partition coefficient (Wildman–Crippen LogP) is 4.38. The molecular formula is C16H14BrClN4OS. The molecule has 2 aromatic carbocycles. The van der Waals surface area contributed by atoms with Crippen LogP contribution in [0, 0.1) is 0 Å². The van der Waals surface area contributed by atoms with Crippen LogP contribution in [0.2, 0.25) is 5.02 Å². The summed E-state index contributed by atoms with van der Waals surface area (Å²) in [5.74, 6) is 8.22. The average Bonchev–Trinajstić information content (AvgIpc) is 2.95. The van der Waals surface area contributed by atoms with Gasteiger partial charge in [0.05, 0.1) is 7.11 Å². The van der Waals surface area contributed by atoms with Crippen LogP contribution in [0.5, 0.6) is 5.75 Å². The number of nitrogen functional groups attached to an aromatic ring is 1. The molecule has 0 amide bonds. The molecule has 1 heterocycles. The minimum absolute atomic E-state index is 0.593. The van der Waals surface area contributed by atoms with Gasteiger partial charge in [0.2, 0.25) is 5.16 Å². The van der Waals surface area contributed by atoms with E-state index in [-0.39, 0.29) is 0 Å². The van der Waals surface area contributed by atoms with Gasteiger partial charge in [-0.05, 0) is 42.5 Å². The number of benzene rings is 2. The lowest BCUT2D eigenvalue weighted by Gasteiger charge is -2.08. The average molecular weight is 426 g/mol. The SMILES string of the molecule is COc1ccc(Br)cc1CSc1nnc(-c2ccc(Cl)cc2)n1N. The third-order valence-corrected chi connectivity index (χ3v) is 5.10. The molecule has 0 fully saturated rings. The third-order valence-electron chi connectivity index (χ3n) is 3.37. The summed E-state index contributed by atoms with van der Waals surface area (Å²) < 4.78 is 7.86. The maximum atomic E-state index is 6.14. The summed E-state index contributed by atoms with van der Waals surface area (Å²) in [7, 11) is 1.65. The van der Waals surface area contributed by atoms with E-state index in [0.717, 1.165) is 21.3 Å². The van der Waals surface area contributed by atoms with Crippen LogP contribution in [0.4, 0.5) is 0 Å². The largest absolute Gasteiger partial charge is 0.496 e. The maximum Gasteiger partial charge on any atom is 0.210 e. The Hall–Kier alpha value is -1.70. The highest BCUT2D eigenvalue weighted by molar-refractivity contribution is 9.10. The number of rotatable bonds is 5. The Morgan fingerprint density at radius 1 is 1.21 bits per heavy atom. The molecule has 0 spiro atoms. The van der Waals surface area contributed by atoms with Gasteiger partial charge in [0.1, 0.15) is 5.75 Å². The van der Waals surface area contributed by atoms with Gasteiger partial charge in [-0.2, -0.15) is 0 Å². The van der Waals surface area contributed by atoms with Crippen molar-refractivity contribution in [3.05, 3.63) is 57.5 Å². The Labute approximate surface area is 157 Å². The van der Waals surface area contributed by atoms with Gasteiger partial charge in [-0.3, -0.25) is 0 Å². The van der Waals surface area contributed by atoms with Crippen molar-refractivity contribution in [2.24, 2.45) is 0 Å². The number of nitrogens with two attached hydrogens (primary N) is 1. The molecule has 24 heavy (non-hydrogen) atoms. The first-order valence-electron chi connectivity index (χ1n) is 7.00. The fourth-order valence-electron chi connectivity index (χ4n) is 2.17. The molecule has 0 aliphatic heterocycles. The smallest absolute Gasteiger partial charge is 0.210 e.